The van der Waals surface area contributed by atoms with Crippen molar-refractivity contribution in [1.29, 1.82) is 0 Å². The van der Waals surface area contributed by atoms with Gasteiger partial charge >= 0.3 is 0 Å². The first-order valence-electron chi connectivity index (χ1n) is 7.84. The SMILES string of the molecule is CC(C)N1CCC(COc2ccccc2C(C)(C)C)C1. The molecule has 1 saturated heterocycles. The minimum atomic E-state index is 0.135. The maximum absolute atomic E-state index is 6.15. The van der Waals surface area contributed by atoms with Crippen LogP contribution in [0, 0.1) is 5.92 Å². The van der Waals surface area contributed by atoms with Gasteiger partial charge in [-0.05, 0) is 43.9 Å². The Kier molecular flexibility index (Phi) is 4.74. The van der Waals surface area contributed by atoms with Gasteiger partial charge < -0.3 is 9.64 Å². The lowest BCUT2D eigenvalue weighted by Gasteiger charge is -2.24. The molecule has 2 nitrogen and oxygen atoms in total. The van der Waals surface area contributed by atoms with Gasteiger partial charge in [-0.1, -0.05) is 39.0 Å². The molecule has 112 valence electrons. The lowest BCUT2D eigenvalue weighted by atomic mass is 9.86. The standard InChI is InChI=1S/C18H29NO/c1-14(2)19-11-10-15(12-19)13-20-17-9-7-6-8-16(17)18(3,4)5/h6-9,14-15H,10-13H2,1-5H3. The van der Waals surface area contributed by atoms with Crippen molar-refractivity contribution in [2.75, 3.05) is 19.7 Å². The van der Waals surface area contributed by atoms with Crippen LogP contribution in [-0.2, 0) is 5.41 Å². The third-order valence-corrected chi connectivity index (χ3v) is 4.22. The molecule has 0 spiro atoms. The molecule has 1 aromatic rings. The number of hydrogen-bond donors (Lipinski definition) is 0. The van der Waals surface area contributed by atoms with E-state index in [-0.39, 0.29) is 5.41 Å². The van der Waals surface area contributed by atoms with Gasteiger partial charge in [0, 0.05) is 18.5 Å². The van der Waals surface area contributed by atoms with E-state index in [1.54, 1.807) is 0 Å². The maximum atomic E-state index is 6.15. The third kappa shape index (κ3) is 3.76. The van der Waals surface area contributed by atoms with Crippen LogP contribution in [0.5, 0.6) is 5.75 Å². The summed E-state index contributed by atoms with van der Waals surface area (Å²) in [4.78, 5) is 2.55. The number of rotatable bonds is 4. The van der Waals surface area contributed by atoms with E-state index in [4.69, 9.17) is 4.74 Å². The van der Waals surface area contributed by atoms with Crippen LogP contribution < -0.4 is 4.74 Å². The Labute approximate surface area is 124 Å². The summed E-state index contributed by atoms with van der Waals surface area (Å²) < 4.78 is 6.15. The zero-order valence-electron chi connectivity index (χ0n) is 13.6. The monoisotopic (exact) mass is 275 g/mol. The first-order valence-corrected chi connectivity index (χ1v) is 7.84. The quantitative estimate of drug-likeness (QED) is 0.820. The smallest absolute Gasteiger partial charge is 0.123 e. The molecule has 0 saturated carbocycles. The fourth-order valence-corrected chi connectivity index (χ4v) is 2.89. The van der Waals surface area contributed by atoms with Gasteiger partial charge in [-0.3, -0.25) is 0 Å². The molecular formula is C18H29NO. The van der Waals surface area contributed by atoms with Gasteiger partial charge in [0.1, 0.15) is 5.75 Å². The minimum absolute atomic E-state index is 0.135. The Hall–Kier alpha value is -1.02. The van der Waals surface area contributed by atoms with E-state index < -0.39 is 0 Å². The average Bonchev–Trinajstić information content (AvgIpc) is 2.84. The summed E-state index contributed by atoms with van der Waals surface area (Å²) in [6.07, 6.45) is 1.26. The Morgan fingerprint density at radius 2 is 1.95 bits per heavy atom. The Morgan fingerprint density at radius 1 is 1.25 bits per heavy atom. The zero-order valence-corrected chi connectivity index (χ0v) is 13.6. The van der Waals surface area contributed by atoms with Crippen LogP contribution in [0.25, 0.3) is 0 Å². The number of para-hydroxylation sites is 1. The van der Waals surface area contributed by atoms with Gasteiger partial charge in [0.25, 0.3) is 0 Å². The number of likely N-dealkylation sites (tertiary alicyclic amines) is 1. The molecule has 1 aliphatic heterocycles. The maximum Gasteiger partial charge on any atom is 0.123 e. The van der Waals surface area contributed by atoms with E-state index in [9.17, 15) is 0 Å². The van der Waals surface area contributed by atoms with Gasteiger partial charge in [0.05, 0.1) is 6.61 Å². The zero-order chi connectivity index (χ0) is 14.8. The molecule has 1 aromatic carbocycles. The molecule has 20 heavy (non-hydrogen) atoms. The van der Waals surface area contributed by atoms with Gasteiger partial charge in [-0.25, -0.2) is 0 Å². The highest BCUT2D eigenvalue weighted by Crippen LogP contribution is 2.31. The van der Waals surface area contributed by atoms with Crippen LogP contribution in [0.1, 0.15) is 46.6 Å². The van der Waals surface area contributed by atoms with E-state index in [0.717, 1.165) is 12.4 Å². The molecule has 2 heteroatoms. The van der Waals surface area contributed by atoms with Crippen LogP contribution in [0.4, 0.5) is 0 Å². The molecule has 1 unspecified atom stereocenters. The fraction of sp³-hybridized carbons (Fsp3) is 0.667. The van der Waals surface area contributed by atoms with E-state index in [1.807, 2.05) is 0 Å². The molecule has 0 aliphatic carbocycles. The van der Waals surface area contributed by atoms with E-state index >= 15 is 0 Å². The van der Waals surface area contributed by atoms with Crippen molar-refractivity contribution in [3.05, 3.63) is 29.8 Å². The van der Waals surface area contributed by atoms with Crippen LogP contribution in [-0.4, -0.2) is 30.6 Å². The highest BCUT2D eigenvalue weighted by Gasteiger charge is 2.25. The third-order valence-electron chi connectivity index (χ3n) is 4.22. The van der Waals surface area contributed by atoms with Crippen LogP contribution >= 0.6 is 0 Å². The summed E-state index contributed by atoms with van der Waals surface area (Å²) in [6, 6.07) is 9.12. The molecule has 0 bridgehead atoms. The van der Waals surface area contributed by atoms with Crippen molar-refractivity contribution in [3.63, 3.8) is 0 Å². The first-order chi connectivity index (χ1) is 9.38. The molecule has 0 aromatic heterocycles. The van der Waals surface area contributed by atoms with E-state index in [0.29, 0.717) is 12.0 Å². The number of ether oxygens (including phenoxy) is 1. The largest absolute Gasteiger partial charge is 0.493 e. The second-order valence-electron chi connectivity index (χ2n) is 7.30. The van der Waals surface area contributed by atoms with Crippen LogP contribution in [0.2, 0.25) is 0 Å². The molecule has 1 heterocycles. The summed E-state index contributed by atoms with van der Waals surface area (Å²) >= 11 is 0. The summed E-state index contributed by atoms with van der Waals surface area (Å²) in [6.45, 7) is 14.5. The molecule has 1 atom stereocenters. The predicted molar refractivity (Wildman–Crippen MR) is 85.5 cm³/mol. The van der Waals surface area contributed by atoms with Gasteiger partial charge in [0.15, 0.2) is 0 Å². The summed E-state index contributed by atoms with van der Waals surface area (Å²) in [5, 5.41) is 0. The summed E-state index contributed by atoms with van der Waals surface area (Å²) in [7, 11) is 0. The lowest BCUT2D eigenvalue weighted by molar-refractivity contribution is 0.221. The number of benzene rings is 1. The topological polar surface area (TPSA) is 12.5 Å². The van der Waals surface area contributed by atoms with E-state index in [1.165, 1.54) is 25.1 Å². The van der Waals surface area contributed by atoms with Crippen molar-refractivity contribution in [2.45, 2.75) is 52.5 Å². The molecule has 0 radical (unpaired) electrons. The Morgan fingerprint density at radius 3 is 2.55 bits per heavy atom. The Bertz CT molecular complexity index is 433. The van der Waals surface area contributed by atoms with Crippen LogP contribution in [0.15, 0.2) is 24.3 Å². The fourth-order valence-electron chi connectivity index (χ4n) is 2.89. The van der Waals surface area contributed by atoms with E-state index in [2.05, 4.69) is 63.8 Å². The normalized spacial score (nSPS) is 20.6. The highest BCUT2D eigenvalue weighted by atomic mass is 16.5. The van der Waals surface area contributed by atoms with Crippen molar-refractivity contribution in [3.8, 4) is 5.75 Å². The Balaban J connectivity index is 1.95. The molecule has 2 rings (SSSR count). The van der Waals surface area contributed by atoms with Crippen molar-refractivity contribution < 1.29 is 4.74 Å². The second kappa shape index (κ2) is 6.17. The van der Waals surface area contributed by atoms with Crippen LogP contribution in [0.3, 0.4) is 0 Å². The molecule has 0 amide bonds. The average molecular weight is 275 g/mol. The van der Waals surface area contributed by atoms with Gasteiger partial charge in [0.2, 0.25) is 0 Å². The number of hydrogen-bond acceptors (Lipinski definition) is 2. The van der Waals surface area contributed by atoms with Crippen molar-refractivity contribution in [1.82, 2.24) is 4.90 Å². The first kappa shape index (κ1) is 15.4. The summed E-state index contributed by atoms with van der Waals surface area (Å²) in [5.74, 6) is 1.73. The highest BCUT2D eigenvalue weighted by molar-refractivity contribution is 5.38. The summed E-state index contributed by atoms with van der Waals surface area (Å²) in [5.41, 5.74) is 1.44. The second-order valence-corrected chi connectivity index (χ2v) is 7.30. The molecule has 1 fully saturated rings. The van der Waals surface area contributed by atoms with Gasteiger partial charge in [-0.15, -0.1) is 0 Å². The number of nitrogens with zero attached hydrogens (tertiary/aromatic N) is 1. The molecule has 1 aliphatic rings. The molecular weight excluding hydrogens is 246 g/mol. The van der Waals surface area contributed by atoms with Crippen molar-refractivity contribution in [2.24, 2.45) is 5.92 Å². The van der Waals surface area contributed by atoms with Gasteiger partial charge in [-0.2, -0.15) is 0 Å². The van der Waals surface area contributed by atoms with Crippen molar-refractivity contribution >= 4 is 0 Å². The molecule has 0 N–H and O–H groups in total. The minimum Gasteiger partial charge on any atom is -0.493 e. The predicted octanol–water partition coefficient (Wildman–Crippen LogP) is 4.09. The lowest BCUT2D eigenvalue weighted by Crippen LogP contribution is -2.29.